The van der Waals surface area contributed by atoms with Gasteiger partial charge in [-0.1, -0.05) is 18.2 Å². The Morgan fingerprint density at radius 1 is 1.05 bits per heavy atom. The summed E-state index contributed by atoms with van der Waals surface area (Å²) in [6.07, 6.45) is 0. The van der Waals surface area contributed by atoms with Crippen LogP contribution in [0.4, 0.5) is 0 Å². The number of methoxy groups -OCH3 is 2. The average molecular weight is 281 g/mol. The summed E-state index contributed by atoms with van der Waals surface area (Å²) in [7, 11) is 3.02. The van der Waals surface area contributed by atoms with Crippen LogP contribution in [0.2, 0.25) is 0 Å². The molecule has 0 atom stereocenters. The Morgan fingerprint density at radius 3 is 2.62 bits per heavy atom. The first kappa shape index (κ1) is 13.2. The fourth-order valence-corrected chi connectivity index (χ4v) is 2.39. The Balaban J connectivity index is 2.14. The van der Waals surface area contributed by atoms with E-state index in [4.69, 9.17) is 9.47 Å². The number of ether oxygens (including phenoxy) is 2. The lowest BCUT2D eigenvalue weighted by Crippen LogP contribution is -2.03. The Bertz CT molecular complexity index is 805. The number of benzene rings is 2. The topological polar surface area (TPSA) is 51.3 Å². The summed E-state index contributed by atoms with van der Waals surface area (Å²) in [5, 5.41) is 1.03. The highest BCUT2D eigenvalue weighted by molar-refractivity contribution is 5.98. The SMILES string of the molecule is COC(=O)c1ccccc1-c1cc2cc(OC)ccc2[nH]1. The lowest BCUT2D eigenvalue weighted by atomic mass is 10.0. The first-order valence-corrected chi connectivity index (χ1v) is 6.57. The number of carbonyl (C=O) groups excluding carboxylic acids is 1. The molecule has 21 heavy (non-hydrogen) atoms. The molecular formula is C17H15NO3. The standard InChI is InChI=1S/C17H15NO3/c1-20-12-7-8-15-11(9-12)10-16(18-15)13-5-3-4-6-14(13)17(19)21-2/h3-10,18H,1-2H3. The minimum Gasteiger partial charge on any atom is -0.497 e. The number of aromatic nitrogens is 1. The van der Waals surface area contributed by atoms with E-state index >= 15 is 0 Å². The summed E-state index contributed by atoms with van der Waals surface area (Å²) in [6, 6.07) is 15.2. The number of nitrogens with one attached hydrogen (secondary N) is 1. The van der Waals surface area contributed by atoms with Gasteiger partial charge in [0, 0.05) is 22.2 Å². The van der Waals surface area contributed by atoms with E-state index in [0.29, 0.717) is 5.56 Å². The number of aromatic amines is 1. The third-order valence-electron chi connectivity index (χ3n) is 3.45. The van der Waals surface area contributed by atoms with Crippen molar-refractivity contribution < 1.29 is 14.3 Å². The van der Waals surface area contributed by atoms with E-state index in [0.717, 1.165) is 27.9 Å². The smallest absolute Gasteiger partial charge is 0.338 e. The molecule has 0 amide bonds. The maximum atomic E-state index is 11.9. The molecule has 0 aliphatic heterocycles. The molecule has 0 radical (unpaired) electrons. The van der Waals surface area contributed by atoms with E-state index in [1.54, 1.807) is 13.2 Å². The van der Waals surface area contributed by atoms with Crippen LogP contribution in [-0.2, 0) is 4.74 Å². The normalized spacial score (nSPS) is 10.6. The van der Waals surface area contributed by atoms with Crippen LogP contribution in [0.15, 0.2) is 48.5 Å². The van der Waals surface area contributed by atoms with Crippen LogP contribution in [0.1, 0.15) is 10.4 Å². The third kappa shape index (κ3) is 2.36. The van der Waals surface area contributed by atoms with Crippen molar-refractivity contribution >= 4 is 16.9 Å². The van der Waals surface area contributed by atoms with E-state index in [1.807, 2.05) is 42.5 Å². The maximum Gasteiger partial charge on any atom is 0.338 e. The lowest BCUT2D eigenvalue weighted by molar-refractivity contribution is 0.0601. The third-order valence-corrected chi connectivity index (χ3v) is 3.45. The van der Waals surface area contributed by atoms with Crippen molar-refractivity contribution in [1.82, 2.24) is 4.98 Å². The number of hydrogen-bond acceptors (Lipinski definition) is 3. The molecule has 4 nitrogen and oxygen atoms in total. The van der Waals surface area contributed by atoms with Crippen molar-refractivity contribution in [2.75, 3.05) is 14.2 Å². The average Bonchev–Trinajstić information content (AvgIpc) is 2.96. The van der Waals surface area contributed by atoms with Gasteiger partial charge in [0.2, 0.25) is 0 Å². The number of hydrogen-bond donors (Lipinski definition) is 1. The number of rotatable bonds is 3. The highest BCUT2D eigenvalue weighted by Gasteiger charge is 2.14. The second-order valence-electron chi connectivity index (χ2n) is 4.67. The summed E-state index contributed by atoms with van der Waals surface area (Å²) < 4.78 is 10.1. The zero-order chi connectivity index (χ0) is 14.8. The van der Waals surface area contributed by atoms with Crippen molar-refractivity contribution in [2.45, 2.75) is 0 Å². The first-order valence-electron chi connectivity index (χ1n) is 6.57. The van der Waals surface area contributed by atoms with Crippen molar-refractivity contribution in [3.05, 3.63) is 54.1 Å². The van der Waals surface area contributed by atoms with Gasteiger partial charge >= 0.3 is 5.97 Å². The fraction of sp³-hybridized carbons (Fsp3) is 0.118. The highest BCUT2D eigenvalue weighted by Crippen LogP contribution is 2.29. The highest BCUT2D eigenvalue weighted by atomic mass is 16.5. The number of esters is 1. The van der Waals surface area contributed by atoms with Gasteiger partial charge in [-0.15, -0.1) is 0 Å². The minimum absolute atomic E-state index is 0.346. The largest absolute Gasteiger partial charge is 0.497 e. The van der Waals surface area contributed by atoms with Crippen LogP contribution >= 0.6 is 0 Å². The molecule has 0 bridgehead atoms. The quantitative estimate of drug-likeness (QED) is 0.746. The van der Waals surface area contributed by atoms with Crippen molar-refractivity contribution in [3.8, 4) is 17.0 Å². The number of fused-ring (bicyclic) bond motifs is 1. The second-order valence-corrected chi connectivity index (χ2v) is 4.67. The molecule has 1 aromatic heterocycles. The molecule has 1 N–H and O–H groups in total. The van der Waals surface area contributed by atoms with E-state index in [1.165, 1.54) is 7.11 Å². The van der Waals surface area contributed by atoms with Crippen LogP contribution in [-0.4, -0.2) is 25.2 Å². The molecule has 0 aliphatic rings. The summed E-state index contributed by atoms with van der Waals surface area (Å²) in [5.74, 6) is 0.455. The van der Waals surface area contributed by atoms with E-state index in [2.05, 4.69) is 4.98 Å². The van der Waals surface area contributed by atoms with Crippen LogP contribution in [0.25, 0.3) is 22.2 Å². The van der Waals surface area contributed by atoms with Crippen molar-refractivity contribution in [3.63, 3.8) is 0 Å². The molecule has 0 aliphatic carbocycles. The monoisotopic (exact) mass is 281 g/mol. The Labute approximate surface area is 122 Å². The van der Waals surface area contributed by atoms with Gasteiger partial charge in [0.1, 0.15) is 5.75 Å². The molecule has 3 aromatic rings. The van der Waals surface area contributed by atoms with Crippen LogP contribution < -0.4 is 4.74 Å². The molecular weight excluding hydrogens is 266 g/mol. The number of carbonyl (C=O) groups is 1. The van der Waals surface area contributed by atoms with Crippen molar-refractivity contribution in [2.24, 2.45) is 0 Å². The zero-order valence-corrected chi connectivity index (χ0v) is 11.8. The molecule has 0 saturated carbocycles. The van der Waals surface area contributed by atoms with E-state index in [9.17, 15) is 4.79 Å². The van der Waals surface area contributed by atoms with Crippen molar-refractivity contribution in [1.29, 1.82) is 0 Å². The Kier molecular flexibility index (Phi) is 3.36. The van der Waals surface area contributed by atoms with Gasteiger partial charge in [0.25, 0.3) is 0 Å². The minimum atomic E-state index is -0.346. The number of H-pyrrole nitrogens is 1. The molecule has 106 valence electrons. The van der Waals surface area contributed by atoms with E-state index < -0.39 is 0 Å². The van der Waals surface area contributed by atoms with Crippen LogP contribution in [0.3, 0.4) is 0 Å². The molecule has 1 heterocycles. The molecule has 0 saturated heterocycles. The second kappa shape index (κ2) is 5.32. The van der Waals surface area contributed by atoms with Gasteiger partial charge < -0.3 is 14.5 Å². The van der Waals surface area contributed by atoms with Gasteiger partial charge in [-0.25, -0.2) is 4.79 Å². The lowest BCUT2D eigenvalue weighted by Gasteiger charge is -2.05. The van der Waals surface area contributed by atoms with Crippen LogP contribution in [0, 0.1) is 0 Å². The Hall–Kier alpha value is -2.75. The molecule has 3 rings (SSSR count). The predicted molar refractivity (Wildman–Crippen MR) is 81.6 cm³/mol. The molecule has 4 heteroatoms. The van der Waals surface area contributed by atoms with E-state index in [-0.39, 0.29) is 5.97 Å². The predicted octanol–water partition coefficient (Wildman–Crippen LogP) is 3.63. The van der Waals surface area contributed by atoms with Crippen LogP contribution in [0.5, 0.6) is 5.75 Å². The summed E-state index contributed by atoms with van der Waals surface area (Å²) in [6.45, 7) is 0. The first-order chi connectivity index (χ1) is 10.2. The van der Waals surface area contributed by atoms with Gasteiger partial charge in [-0.05, 0) is 30.3 Å². The van der Waals surface area contributed by atoms with Gasteiger partial charge in [-0.3, -0.25) is 0 Å². The van der Waals surface area contributed by atoms with Gasteiger partial charge in [0.05, 0.1) is 19.8 Å². The molecule has 0 unspecified atom stereocenters. The maximum absolute atomic E-state index is 11.9. The summed E-state index contributed by atoms with van der Waals surface area (Å²) in [4.78, 5) is 15.2. The Morgan fingerprint density at radius 2 is 1.86 bits per heavy atom. The fourth-order valence-electron chi connectivity index (χ4n) is 2.39. The zero-order valence-electron chi connectivity index (χ0n) is 11.8. The summed E-state index contributed by atoms with van der Waals surface area (Å²) >= 11 is 0. The molecule has 2 aromatic carbocycles. The summed E-state index contributed by atoms with van der Waals surface area (Å²) in [5.41, 5.74) is 3.22. The van der Waals surface area contributed by atoms with Gasteiger partial charge in [-0.2, -0.15) is 0 Å². The molecule has 0 fully saturated rings. The van der Waals surface area contributed by atoms with Gasteiger partial charge in [0.15, 0.2) is 0 Å². The molecule has 0 spiro atoms.